The highest BCUT2D eigenvalue weighted by atomic mass is 16.4. The molecule has 0 fully saturated rings. The molecule has 0 radical (unpaired) electrons. The second kappa shape index (κ2) is 3.59. The van der Waals surface area contributed by atoms with Crippen molar-refractivity contribution in [1.82, 2.24) is 14.8 Å². The maximum Gasteiger partial charge on any atom is 0.264 e. The Morgan fingerprint density at radius 3 is 2.38 bits per heavy atom. The van der Waals surface area contributed by atoms with E-state index in [1.54, 1.807) is 6.92 Å². The monoisotopic (exact) mass is 219 g/mol. The van der Waals surface area contributed by atoms with Crippen molar-refractivity contribution < 1.29 is 9.21 Å². The highest BCUT2D eigenvalue weighted by Crippen LogP contribution is 2.28. The SMILES string of the molecule is Cc1nnc(-c2c(C)c(C=O)c(C)n2C)o1. The molecule has 0 amide bonds. The summed E-state index contributed by atoms with van der Waals surface area (Å²) >= 11 is 0. The molecule has 0 spiro atoms. The maximum atomic E-state index is 11.0. The van der Waals surface area contributed by atoms with E-state index in [0.717, 1.165) is 23.2 Å². The third-order valence-electron chi connectivity index (χ3n) is 2.83. The molecular weight excluding hydrogens is 206 g/mol. The summed E-state index contributed by atoms with van der Waals surface area (Å²) < 4.78 is 7.28. The van der Waals surface area contributed by atoms with Crippen LogP contribution in [0.25, 0.3) is 11.6 Å². The van der Waals surface area contributed by atoms with Crippen LogP contribution >= 0.6 is 0 Å². The van der Waals surface area contributed by atoms with Crippen molar-refractivity contribution in [2.75, 3.05) is 0 Å². The van der Waals surface area contributed by atoms with Gasteiger partial charge in [-0.1, -0.05) is 0 Å². The molecule has 5 nitrogen and oxygen atoms in total. The number of hydrogen-bond acceptors (Lipinski definition) is 4. The molecule has 2 rings (SSSR count). The van der Waals surface area contributed by atoms with E-state index in [0.29, 0.717) is 17.3 Å². The molecule has 0 bridgehead atoms. The first-order valence-electron chi connectivity index (χ1n) is 4.97. The van der Waals surface area contributed by atoms with Crippen molar-refractivity contribution in [3.8, 4) is 11.6 Å². The van der Waals surface area contributed by atoms with E-state index in [1.807, 2.05) is 25.5 Å². The lowest BCUT2D eigenvalue weighted by Gasteiger charge is -2.00. The van der Waals surface area contributed by atoms with Gasteiger partial charge in [-0.15, -0.1) is 10.2 Å². The molecule has 2 aromatic rings. The largest absolute Gasteiger partial charge is 0.420 e. The molecule has 2 heterocycles. The smallest absolute Gasteiger partial charge is 0.264 e. The van der Waals surface area contributed by atoms with Crippen LogP contribution in [0, 0.1) is 20.8 Å². The fourth-order valence-electron chi connectivity index (χ4n) is 1.87. The first kappa shape index (κ1) is 10.6. The molecule has 0 aliphatic heterocycles. The van der Waals surface area contributed by atoms with Crippen LogP contribution < -0.4 is 0 Å². The van der Waals surface area contributed by atoms with Crippen molar-refractivity contribution >= 4 is 6.29 Å². The summed E-state index contributed by atoms with van der Waals surface area (Å²) in [6.07, 6.45) is 0.859. The standard InChI is InChI=1S/C11H13N3O2/c1-6-9(5-15)7(2)14(4)10(6)11-13-12-8(3)16-11/h5H,1-4H3. The molecule has 0 N–H and O–H groups in total. The lowest BCUT2D eigenvalue weighted by molar-refractivity contribution is 0.112. The molecule has 5 heteroatoms. The number of hydrogen-bond donors (Lipinski definition) is 0. The Kier molecular flexibility index (Phi) is 2.38. The zero-order valence-electron chi connectivity index (χ0n) is 9.74. The van der Waals surface area contributed by atoms with E-state index >= 15 is 0 Å². The van der Waals surface area contributed by atoms with E-state index in [1.165, 1.54) is 0 Å². The fraction of sp³-hybridized carbons (Fsp3) is 0.364. The Hall–Kier alpha value is -1.91. The summed E-state index contributed by atoms with van der Waals surface area (Å²) in [4.78, 5) is 11.0. The molecule has 0 aliphatic carbocycles. The van der Waals surface area contributed by atoms with Gasteiger partial charge < -0.3 is 8.98 Å². The quantitative estimate of drug-likeness (QED) is 0.723. The molecule has 0 unspecified atom stereocenters. The van der Waals surface area contributed by atoms with Crippen molar-refractivity contribution in [2.24, 2.45) is 7.05 Å². The van der Waals surface area contributed by atoms with E-state index < -0.39 is 0 Å². The Morgan fingerprint density at radius 1 is 1.25 bits per heavy atom. The number of aldehydes is 1. The van der Waals surface area contributed by atoms with Crippen molar-refractivity contribution in [1.29, 1.82) is 0 Å². The molecule has 84 valence electrons. The predicted octanol–water partition coefficient (Wildman–Crippen LogP) is 1.81. The first-order chi connectivity index (χ1) is 7.56. The van der Waals surface area contributed by atoms with Crippen LogP contribution in [0.3, 0.4) is 0 Å². The van der Waals surface area contributed by atoms with Gasteiger partial charge in [-0.25, -0.2) is 0 Å². The molecule has 2 aromatic heterocycles. The van der Waals surface area contributed by atoms with Gasteiger partial charge >= 0.3 is 0 Å². The lowest BCUT2D eigenvalue weighted by Crippen LogP contribution is -1.95. The minimum Gasteiger partial charge on any atom is -0.420 e. The van der Waals surface area contributed by atoms with Crippen LogP contribution in [0.4, 0.5) is 0 Å². The summed E-state index contributed by atoms with van der Waals surface area (Å²) in [6, 6.07) is 0. The summed E-state index contributed by atoms with van der Waals surface area (Å²) in [5, 5.41) is 7.76. The minimum atomic E-state index is 0.453. The van der Waals surface area contributed by atoms with Crippen LogP contribution in [-0.4, -0.2) is 21.1 Å². The summed E-state index contributed by atoms with van der Waals surface area (Å²) in [6.45, 7) is 5.51. The number of nitrogens with zero attached hydrogens (tertiary/aromatic N) is 3. The highest BCUT2D eigenvalue weighted by Gasteiger charge is 2.19. The van der Waals surface area contributed by atoms with Gasteiger partial charge in [-0.3, -0.25) is 4.79 Å². The van der Waals surface area contributed by atoms with Gasteiger partial charge in [0.25, 0.3) is 5.89 Å². The summed E-state index contributed by atoms with van der Waals surface area (Å²) in [7, 11) is 1.88. The van der Waals surface area contributed by atoms with Crippen molar-refractivity contribution in [2.45, 2.75) is 20.8 Å². The number of rotatable bonds is 2. The molecule has 0 aliphatic rings. The van der Waals surface area contributed by atoms with Crippen molar-refractivity contribution in [3.05, 3.63) is 22.7 Å². The molecule has 16 heavy (non-hydrogen) atoms. The molecule has 0 aromatic carbocycles. The average molecular weight is 219 g/mol. The van der Waals surface area contributed by atoms with E-state index in [2.05, 4.69) is 10.2 Å². The van der Waals surface area contributed by atoms with E-state index in [4.69, 9.17) is 4.42 Å². The second-order valence-corrected chi connectivity index (χ2v) is 3.78. The number of carbonyl (C=O) groups is 1. The maximum absolute atomic E-state index is 11.0. The van der Waals surface area contributed by atoms with Crippen LogP contribution in [0.1, 0.15) is 27.5 Å². The van der Waals surface area contributed by atoms with Crippen LogP contribution in [0.15, 0.2) is 4.42 Å². The Balaban J connectivity index is 2.70. The molecule has 0 atom stereocenters. The predicted molar refractivity (Wildman–Crippen MR) is 58.3 cm³/mol. The third kappa shape index (κ3) is 1.36. The Morgan fingerprint density at radius 2 is 1.94 bits per heavy atom. The summed E-state index contributed by atoms with van der Waals surface area (Å²) in [5.74, 6) is 0.967. The Labute approximate surface area is 93.1 Å². The topological polar surface area (TPSA) is 60.9 Å². The second-order valence-electron chi connectivity index (χ2n) is 3.78. The summed E-state index contributed by atoms with van der Waals surface area (Å²) in [5.41, 5.74) is 3.27. The van der Waals surface area contributed by atoms with Gasteiger partial charge in [0.15, 0.2) is 6.29 Å². The number of carbonyl (C=O) groups excluding carboxylic acids is 1. The van der Waals surface area contributed by atoms with Gasteiger partial charge in [-0.05, 0) is 19.4 Å². The van der Waals surface area contributed by atoms with Gasteiger partial charge in [-0.2, -0.15) is 0 Å². The molecule has 0 saturated heterocycles. The number of aromatic nitrogens is 3. The zero-order chi connectivity index (χ0) is 11.9. The van der Waals surface area contributed by atoms with Gasteiger partial charge in [0.1, 0.15) is 5.69 Å². The van der Waals surface area contributed by atoms with E-state index in [9.17, 15) is 4.79 Å². The Bertz CT molecular complexity index is 552. The normalized spacial score (nSPS) is 10.8. The van der Waals surface area contributed by atoms with Gasteiger partial charge in [0, 0.05) is 25.2 Å². The van der Waals surface area contributed by atoms with Crippen molar-refractivity contribution in [3.63, 3.8) is 0 Å². The molecule has 0 saturated carbocycles. The van der Waals surface area contributed by atoms with Gasteiger partial charge in [0.05, 0.1) is 0 Å². The van der Waals surface area contributed by atoms with Crippen LogP contribution in [0.2, 0.25) is 0 Å². The minimum absolute atomic E-state index is 0.453. The molecular formula is C11H13N3O2. The zero-order valence-corrected chi connectivity index (χ0v) is 9.74. The average Bonchev–Trinajstić information content (AvgIpc) is 2.73. The lowest BCUT2D eigenvalue weighted by atomic mass is 10.1. The van der Waals surface area contributed by atoms with Crippen LogP contribution in [0.5, 0.6) is 0 Å². The fourth-order valence-corrected chi connectivity index (χ4v) is 1.87. The third-order valence-corrected chi connectivity index (χ3v) is 2.83. The highest BCUT2D eigenvalue weighted by molar-refractivity contribution is 5.83. The first-order valence-corrected chi connectivity index (χ1v) is 4.97. The van der Waals surface area contributed by atoms with Gasteiger partial charge in [0.2, 0.25) is 5.89 Å². The van der Waals surface area contributed by atoms with E-state index in [-0.39, 0.29) is 0 Å². The van der Waals surface area contributed by atoms with Crippen LogP contribution in [-0.2, 0) is 7.05 Å². The number of aryl methyl sites for hydroxylation is 1.